The number of nitrogens with one attached hydrogen (secondary N) is 1. The molecule has 0 radical (unpaired) electrons. The van der Waals surface area contributed by atoms with Crippen molar-refractivity contribution in [3.8, 4) is 17.3 Å². The van der Waals surface area contributed by atoms with E-state index >= 15 is 0 Å². The van der Waals surface area contributed by atoms with Crippen LogP contribution in [0.5, 0.6) is 5.75 Å². The van der Waals surface area contributed by atoms with E-state index < -0.39 is 0 Å². The van der Waals surface area contributed by atoms with Gasteiger partial charge in [0.25, 0.3) is 5.89 Å². The third kappa shape index (κ3) is 3.10. The normalized spacial score (nSPS) is 19.5. The van der Waals surface area contributed by atoms with Gasteiger partial charge in [-0.3, -0.25) is 4.90 Å². The van der Waals surface area contributed by atoms with Crippen molar-refractivity contribution < 1.29 is 9.26 Å². The number of likely N-dealkylation sites (N-methyl/N-ethyl adjacent to an activating group) is 1. The summed E-state index contributed by atoms with van der Waals surface area (Å²) in [6, 6.07) is 3.81. The van der Waals surface area contributed by atoms with Crippen molar-refractivity contribution in [2.24, 2.45) is 0 Å². The SMILES string of the molecule is CC(C)Oc1cccnc1-c1nc(C2CNCCN2C)no1. The lowest BCUT2D eigenvalue weighted by Gasteiger charge is -2.30. The summed E-state index contributed by atoms with van der Waals surface area (Å²) < 4.78 is 11.2. The minimum Gasteiger partial charge on any atom is -0.489 e. The fourth-order valence-electron chi connectivity index (χ4n) is 2.46. The van der Waals surface area contributed by atoms with Crippen molar-refractivity contribution in [2.75, 3.05) is 26.7 Å². The van der Waals surface area contributed by atoms with Crippen LogP contribution in [0.15, 0.2) is 22.9 Å². The minimum atomic E-state index is 0.0546. The van der Waals surface area contributed by atoms with Crippen molar-refractivity contribution in [1.29, 1.82) is 0 Å². The van der Waals surface area contributed by atoms with E-state index in [4.69, 9.17) is 9.26 Å². The molecular formula is C15H21N5O2. The average Bonchev–Trinajstić information content (AvgIpc) is 2.97. The van der Waals surface area contributed by atoms with Gasteiger partial charge < -0.3 is 14.6 Å². The standard InChI is InChI=1S/C15H21N5O2/c1-10(2)21-12-5-4-6-17-13(12)15-18-14(19-22-15)11-9-16-7-8-20(11)3/h4-6,10-11,16H,7-9H2,1-3H3. The van der Waals surface area contributed by atoms with E-state index in [1.807, 2.05) is 26.0 Å². The highest BCUT2D eigenvalue weighted by Crippen LogP contribution is 2.28. The van der Waals surface area contributed by atoms with Crippen LogP contribution in [0.2, 0.25) is 0 Å². The summed E-state index contributed by atoms with van der Waals surface area (Å²) >= 11 is 0. The molecule has 1 unspecified atom stereocenters. The highest BCUT2D eigenvalue weighted by atomic mass is 16.5. The molecule has 0 spiro atoms. The zero-order valence-electron chi connectivity index (χ0n) is 13.1. The maximum atomic E-state index is 5.76. The van der Waals surface area contributed by atoms with Gasteiger partial charge in [-0.15, -0.1) is 0 Å². The van der Waals surface area contributed by atoms with Crippen LogP contribution in [-0.2, 0) is 0 Å². The van der Waals surface area contributed by atoms with Crippen LogP contribution >= 0.6 is 0 Å². The Morgan fingerprint density at radius 1 is 1.45 bits per heavy atom. The minimum absolute atomic E-state index is 0.0546. The molecule has 0 aromatic carbocycles. The highest BCUT2D eigenvalue weighted by molar-refractivity contribution is 5.56. The van der Waals surface area contributed by atoms with Gasteiger partial charge in [0.05, 0.1) is 12.1 Å². The molecule has 3 heterocycles. The van der Waals surface area contributed by atoms with Gasteiger partial charge >= 0.3 is 0 Å². The molecule has 2 aromatic heterocycles. The molecule has 7 heteroatoms. The van der Waals surface area contributed by atoms with Gasteiger partial charge in [-0.2, -0.15) is 4.98 Å². The topological polar surface area (TPSA) is 76.3 Å². The second kappa shape index (κ2) is 6.41. The second-order valence-corrected chi connectivity index (χ2v) is 5.68. The Kier molecular flexibility index (Phi) is 4.35. The highest BCUT2D eigenvalue weighted by Gasteiger charge is 2.26. The van der Waals surface area contributed by atoms with Gasteiger partial charge in [0.1, 0.15) is 0 Å². The summed E-state index contributed by atoms with van der Waals surface area (Å²) in [6.07, 6.45) is 1.75. The predicted octanol–water partition coefficient (Wildman–Crippen LogP) is 1.49. The van der Waals surface area contributed by atoms with Crippen molar-refractivity contribution in [2.45, 2.75) is 26.0 Å². The number of nitrogens with zero attached hydrogens (tertiary/aromatic N) is 4. The number of hydrogen-bond donors (Lipinski definition) is 1. The molecule has 1 saturated heterocycles. The largest absolute Gasteiger partial charge is 0.489 e. The van der Waals surface area contributed by atoms with Gasteiger partial charge in [-0.25, -0.2) is 4.98 Å². The third-order valence-corrected chi connectivity index (χ3v) is 3.59. The first-order valence-corrected chi connectivity index (χ1v) is 7.51. The third-order valence-electron chi connectivity index (χ3n) is 3.59. The maximum Gasteiger partial charge on any atom is 0.280 e. The average molecular weight is 303 g/mol. The van der Waals surface area contributed by atoms with Crippen LogP contribution in [0, 0.1) is 0 Å². The first kappa shape index (κ1) is 14.9. The van der Waals surface area contributed by atoms with Crippen LogP contribution in [-0.4, -0.2) is 52.8 Å². The molecule has 1 aliphatic rings. The quantitative estimate of drug-likeness (QED) is 0.917. The predicted molar refractivity (Wildman–Crippen MR) is 81.5 cm³/mol. The smallest absolute Gasteiger partial charge is 0.280 e. The Morgan fingerprint density at radius 3 is 3.09 bits per heavy atom. The Hall–Kier alpha value is -1.99. The van der Waals surface area contributed by atoms with Crippen LogP contribution in [0.3, 0.4) is 0 Å². The molecule has 1 aliphatic heterocycles. The number of piperazine rings is 1. The number of pyridine rings is 1. The van der Waals surface area contributed by atoms with E-state index in [0.29, 0.717) is 23.2 Å². The Bertz CT molecular complexity index is 628. The molecule has 3 rings (SSSR count). The van der Waals surface area contributed by atoms with Crippen molar-refractivity contribution in [3.63, 3.8) is 0 Å². The molecule has 7 nitrogen and oxygen atoms in total. The molecule has 1 fully saturated rings. The zero-order chi connectivity index (χ0) is 15.5. The van der Waals surface area contributed by atoms with E-state index in [2.05, 4.69) is 32.4 Å². The van der Waals surface area contributed by atoms with Gasteiger partial charge in [0.15, 0.2) is 17.3 Å². The molecule has 22 heavy (non-hydrogen) atoms. The molecular weight excluding hydrogens is 282 g/mol. The van der Waals surface area contributed by atoms with Gasteiger partial charge in [-0.1, -0.05) is 5.16 Å². The molecule has 0 saturated carbocycles. The van der Waals surface area contributed by atoms with E-state index in [1.54, 1.807) is 6.20 Å². The lowest BCUT2D eigenvalue weighted by atomic mass is 10.2. The van der Waals surface area contributed by atoms with E-state index in [1.165, 1.54) is 0 Å². The fourth-order valence-corrected chi connectivity index (χ4v) is 2.46. The molecule has 1 atom stereocenters. The number of hydrogen-bond acceptors (Lipinski definition) is 7. The molecule has 0 bridgehead atoms. The molecule has 118 valence electrons. The van der Waals surface area contributed by atoms with E-state index in [-0.39, 0.29) is 12.1 Å². The summed E-state index contributed by atoms with van der Waals surface area (Å²) in [4.78, 5) is 11.1. The van der Waals surface area contributed by atoms with Gasteiger partial charge in [0, 0.05) is 25.8 Å². The summed E-state index contributed by atoms with van der Waals surface area (Å²) in [5.41, 5.74) is 0.585. The Labute approximate surface area is 129 Å². The monoisotopic (exact) mass is 303 g/mol. The second-order valence-electron chi connectivity index (χ2n) is 5.68. The van der Waals surface area contributed by atoms with Crippen LogP contribution in [0.1, 0.15) is 25.7 Å². The van der Waals surface area contributed by atoms with Crippen LogP contribution in [0.4, 0.5) is 0 Å². The molecule has 1 N–H and O–H groups in total. The lowest BCUT2D eigenvalue weighted by molar-refractivity contribution is 0.190. The van der Waals surface area contributed by atoms with Crippen molar-refractivity contribution in [3.05, 3.63) is 24.2 Å². The Morgan fingerprint density at radius 2 is 2.32 bits per heavy atom. The van der Waals surface area contributed by atoms with E-state index in [9.17, 15) is 0 Å². The fraction of sp³-hybridized carbons (Fsp3) is 0.533. The number of rotatable bonds is 4. The summed E-state index contributed by atoms with van der Waals surface area (Å²) in [6.45, 7) is 6.69. The summed E-state index contributed by atoms with van der Waals surface area (Å²) in [5, 5.41) is 7.47. The Balaban J connectivity index is 1.87. The van der Waals surface area contributed by atoms with Crippen molar-refractivity contribution in [1.82, 2.24) is 25.3 Å². The first-order chi connectivity index (χ1) is 10.6. The summed E-state index contributed by atoms with van der Waals surface area (Å²) in [7, 11) is 2.07. The number of aromatic nitrogens is 3. The zero-order valence-corrected chi connectivity index (χ0v) is 13.1. The van der Waals surface area contributed by atoms with Gasteiger partial charge in [-0.05, 0) is 33.0 Å². The molecule has 2 aromatic rings. The van der Waals surface area contributed by atoms with Crippen LogP contribution < -0.4 is 10.1 Å². The lowest BCUT2D eigenvalue weighted by Crippen LogP contribution is -2.44. The maximum absolute atomic E-state index is 5.76. The first-order valence-electron chi connectivity index (χ1n) is 7.51. The van der Waals surface area contributed by atoms with Gasteiger partial charge in [0.2, 0.25) is 0 Å². The number of ether oxygens (including phenoxy) is 1. The van der Waals surface area contributed by atoms with Crippen molar-refractivity contribution >= 4 is 0 Å². The summed E-state index contributed by atoms with van der Waals surface area (Å²) in [5.74, 6) is 1.72. The molecule has 0 amide bonds. The van der Waals surface area contributed by atoms with E-state index in [0.717, 1.165) is 19.6 Å². The van der Waals surface area contributed by atoms with Crippen LogP contribution in [0.25, 0.3) is 11.6 Å². The molecule has 0 aliphatic carbocycles.